The minimum atomic E-state index is -3.62. The van der Waals surface area contributed by atoms with E-state index in [1.807, 2.05) is 13.8 Å². The van der Waals surface area contributed by atoms with Crippen molar-refractivity contribution in [2.75, 3.05) is 19.8 Å². The van der Waals surface area contributed by atoms with Crippen molar-refractivity contribution in [3.63, 3.8) is 0 Å². The van der Waals surface area contributed by atoms with Gasteiger partial charge in [0.05, 0.1) is 23.6 Å². The molecule has 4 nitrogen and oxygen atoms in total. The molecule has 0 unspecified atom stereocenters. The van der Waals surface area contributed by atoms with Crippen LogP contribution in [0.5, 0.6) is 0 Å². The summed E-state index contributed by atoms with van der Waals surface area (Å²) in [5.74, 6) is -0.403. The van der Waals surface area contributed by atoms with E-state index in [4.69, 9.17) is 4.74 Å². The van der Waals surface area contributed by atoms with Gasteiger partial charge in [0.2, 0.25) is 10.0 Å². The molecule has 0 saturated carbocycles. The summed E-state index contributed by atoms with van der Waals surface area (Å²) < 4.78 is 45.2. The monoisotopic (exact) mass is 287 g/mol. The Morgan fingerprint density at radius 3 is 2.63 bits per heavy atom. The van der Waals surface area contributed by atoms with Crippen LogP contribution in [0.4, 0.5) is 4.39 Å². The third kappa shape index (κ3) is 2.66. The van der Waals surface area contributed by atoms with Crippen molar-refractivity contribution < 1.29 is 17.5 Å². The molecule has 0 amide bonds. The van der Waals surface area contributed by atoms with Gasteiger partial charge in [0.15, 0.2) is 0 Å². The zero-order valence-electron chi connectivity index (χ0n) is 11.3. The fourth-order valence-electron chi connectivity index (χ4n) is 2.19. The van der Waals surface area contributed by atoms with Crippen molar-refractivity contribution in [3.8, 4) is 0 Å². The number of sulfonamides is 1. The summed E-state index contributed by atoms with van der Waals surface area (Å²) >= 11 is 0. The van der Waals surface area contributed by atoms with Crippen LogP contribution in [0.3, 0.4) is 0 Å². The summed E-state index contributed by atoms with van der Waals surface area (Å²) in [6.07, 6.45) is 0. The molecule has 19 heavy (non-hydrogen) atoms. The van der Waals surface area contributed by atoms with E-state index in [0.29, 0.717) is 25.3 Å². The normalized spacial score (nSPS) is 20.4. The van der Waals surface area contributed by atoms with Gasteiger partial charge >= 0.3 is 0 Å². The molecule has 0 aromatic heterocycles. The van der Waals surface area contributed by atoms with Gasteiger partial charge in [-0.1, -0.05) is 0 Å². The first-order valence-electron chi connectivity index (χ1n) is 6.12. The topological polar surface area (TPSA) is 46.6 Å². The van der Waals surface area contributed by atoms with Gasteiger partial charge < -0.3 is 4.74 Å². The standard InChI is InChI=1S/C13H18FNO3S/c1-10-8-11(4-5-12(10)14)19(16,17)15-6-7-18-9-13(15,2)3/h4-5,8H,6-7,9H2,1-3H3. The molecular formula is C13H18FNO3S. The highest BCUT2D eigenvalue weighted by atomic mass is 32.2. The molecule has 1 aliphatic heterocycles. The lowest BCUT2D eigenvalue weighted by Gasteiger charge is -2.40. The number of aryl methyl sites for hydroxylation is 1. The summed E-state index contributed by atoms with van der Waals surface area (Å²) in [7, 11) is -3.62. The molecule has 0 radical (unpaired) electrons. The molecule has 1 heterocycles. The highest BCUT2D eigenvalue weighted by Crippen LogP contribution is 2.28. The van der Waals surface area contributed by atoms with E-state index >= 15 is 0 Å². The highest BCUT2D eigenvalue weighted by Gasteiger charge is 2.39. The van der Waals surface area contributed by atoms with Crippen molar-refractivity contribution >= 4 is 10.0 Å². The number of nitrogens with zero attached hydrogens (tertiary/aromatic N) is 1. The largest absolute Gasteiger partial charge is 0.378 e. The van der Waals surface area contributed by atoms with Crippen molar-refractivity contribution in [1.82, 2.24) is 4.31 Å². The third-order valence-electron chi connectivity index (χ3n) is 3.29. The van der Waals surface area contributed by atoms with Crippen molar-refractivity contribution in [3.05, 3.63) is 29.6 Å². The molecule has 0 aliphatic carbocycles. The lowest BCUT2D eigenvalue weighted by molar-refractivity contribution is -0.00771. The van der Waals surface area contributed by atoms with Crippen LogP contribution in [0.25, 0.3) is 0 Å². The van der Waals surface area contributed by atoms with E-state index in [-0.39, 0.29) is 4.90 Å². The second-order valence-electron chi connectivity index (χ2n) is 5.35. The van der Waals surface area contributed by atoms with Crippen molar-refractivity contribution in [2.24, 2.45) is 0 Å². The van der Waals surface area contributed by atoms with Gasteiger partial charge in [-0.3, -0.25) is 0 Å². The Labute approximate surface area is 113 Å². The second-order valence-corrected chi connectivity index (χ2v) is 7.22. The van der Waals surface area contributed by atoms with Crippen LogP contribution >= 0.6 is 0 Å². The Hall–Kier alpha value is -0.980. The number of ether oxygens (including phenoxy) is 1. The van der Waals surface area contributed by atoms with Crippen LogP contribution < -0.4 is 0 Å². The van der Waals surface area contributed by atoms with E-state index in [9.17, 15) is 12.8 Å². The van der Waals surface area contributed by atoms with E-state index in [2.05, 4.69) is 0 Å². The first kappa shape index (κ1) is 14.4. The quantitative estimate of drug-likeness (QED) is 0.835. The zero-order chi connectivity index (χ0) is 14.3. The molecular weight excluding hydrogens is 269 g/mol. The highest BCUT2D eigenvalue weighted by molar-refractivity contribution is 7.89. The van der Waals surface area contributed by atoms with Crippen LogP contribution in [-0.2, 0) is 14.8 Å². The molecule has 0 N–H and O–H groups in total. The third-order valence-corrected chi connectivity index (χ3v) is 5.39. The molecule has 2 rings (SSSR count). The van der Waals surface area contributed by atoms with Gasteiger partial charge in [-0.05, 0) is 44.5 Å². The number of hydrogen-bond donors (Lipinski definition) is 0. The number of hydrogen-bond acceptors (Lipinski definition) is 3. The molecule has 0 spiro atoms. The number of morpholine rings is 1. The van der Waals surface area contributed by atoms with Crippen LogP contribution in [0, 0.1) is 12.7 Å². The molecule has 6 heteroatoms. The Kier molecular flexibility index (Phi) is 3.68. The van der Waals surface area contributed by atoms with Crippen LogP contribution in [0.15, 0.2) is 23.1 Å². The maximum atomic E-state index is 13.3. The molecule has 1 saturated heterocycles. The molecule has 0 bridgehead atoms. The molecule has 1 aromatic carbocycles. The first-order valence-corrected chi connectivity index (χ1v) is 7.56. The van der Waals surface area contributed by atoms with E-state index < -0.39 is 21.4 Å². The first-order chi connectivity index (χ1) is 8.75. The molecule has 1 fully saturated rings. The van der Waals surface area contributed by atoms with Crippen LogP contribution in [0.1, 0.15) is 19.4 Å². The average Bonchev–Trinajstić information content (AvgIpc) is 2.31. The number of halogens is 1. The predicted octanol–water partition coefficient (Wildman–Crippen LogP) is 1.93. The Morgan fingerprint density at radius 2 is 2.05 bits per heavy atom. The summed E-state index contributed by atoms with van der Waals surface area (Å²) in [5.41, 5.74) is -0.272. The second kappa shape index (κ2) is 4.85. The van der Waals surface area contributed by atoms with E-state index in [1.165, 1.54) is 22.5 Å². The van der Waals surface area contributed by atoms with Gasteiger partial charge in [-0.25, -0.2) is 12.8 Å². The van der Waals surface area contributed by atoms with Gasteiger partial charge in [-0.15, -0.1) is 0 Å². The summed E-state index contributed by atoms with van der Waals surface area (Å²) in [6.45, 7) is 6.24. The number of benzene rings is 1. The Bertz CT molecular complexity index is 584. The lowest BCUT2D eigenvalue weighted by atomic mass is 10.1. The minimum Gasteiger partial charge on any atom is -0.378 e. The summed E-state index contributed by atoms with van der Waals surface area (Å²) in [6, 6.07) is 3.87. The average molecular weight is 287 g/mol. The van der Waals surface area contributed by atoms with Crippen molar-refractivity contribution in [2.45, 2.75) is 31.2 Å². The smallest absolute Gasteiger partial charge is 0.243 e. The maximum Gasteiger partial charge on any atom is 0.243 e. The molecule has 106 valence electrons. The molecule has 0 atom stereocenters. The SMILES string of the molecule is Cc1cc(S(=O)(=O)N2CCOCC2(C)C)ccc1F. The Morgan fingerprint density at radius 1 is 1.37 bits per heavy atom. The zero-order valence-corrected chi connectivity index (χ0v) is 12.1. The van der Waals surface area contributed by atoms with Crippen molar-refractivity contribution in [1.29, 1.82) is 0 Å². The molecule has 1 aliphatic rings. The lowest BCUT2D eigenvalue weighted by Crippen LogP contribution is -2.55. The van der Waals surface area contributed by atoms with E-state index in [0.717, 1.165) is 0 Å². The van der Waals surface area contributed by atoms with Gasteiger partial charge in [0.1, 0.15) is 5.82 Å². The molecule has 1 aromatic rings. The number of rotatable bonds is 2. The fraction of sp³-hybridized carbons (Fsp3) is 0.538. The Balaban J connectivity index is 2.44. The minimum absolute atomic E-state index is 0.126. The maximum absolute atomic E-state index is 13.3. The summed E-state index contributed by atoms with van der Waals surface area (Å²) in [5, 5.41) is 0. The predicted molar refractivity (Wildman–Crippen MR) is 69.9 cm³/mol. The summed E-state index contributed by atoms with van der Waals surface area (Å²) in [4.78, 5) is 0.126. The van der Waals surface area contributed by atoms with Crippen LogP contribution in [0.2, 0.25) is 0 Å². The fourth-order valence-corrected chi connectivity index (χ4v) is 4.03. The van der Waals surface area contributed by atoms with Crippen LogP contribution in [-0.4, -0.2) is 38.0 Å². The van der Waals surface area contributed by atoms with Gasteiger partial charge in [0.25, 0.3) is 0 Å². The van der Waals surface area contributed by atoms with E-state index in [1.54, 1.807) is 6.92 Å². The van der Waals surface area contributed by atoms with Gasteiger partial charge in [0, 0.05) is 6.54 Å². The van der Waals surface area contributed by atoms with Gasteiger partial charge in [-0.2, -0.15) is 4.31 Å².